The average molecular weight is 695 g/mol. The minimum Gasteiger partial charge on any atom is -0.496 e. The second-order valence-electron chi connectivity index (χ2n) is 11.9. The Bertz CT molecular complexity index is 1600. The van der Waals surface area contributed by atoms with Gasteiger partial charge in [0, 0.05) is 25.2 Å². The molecule has 4 nitrogen and oxygen atoms in total. The predicted molar refractivity (Wildman–Crippen MR) is 161 cm³/mol. The van der Waals surface area contributed by atoms with Gasteiger partial charge in [0.1, 0.15) is 11.6 Å². The molecule has 2 aliphatic rings. The van der Waals surface area contributed by atoms with Crippen LogP contribution in [0.2, 0.25) is 0 Å². The zero-order valence-corrected chi connectivity index (χ0v) is 26.0. The van der Waals surface area contributed by atoms with Gasteiger partial charge in [-0.3, -0.25) is 0 Å². The summed E-state index contributed by atoms with van der Waals surface area (Å²) in [6.07, 6.45) is -12.8. The first kappa shape index (κ1) is 38.5. The lowest BCUT2D eigenvalue weighted by atomic mass is 9.89. The molecule has 14 heteroatoms. The van der Waals surface area contributed by atoms with Crippen molar-refractivity contribution in [2.45, 2.75) is 77.6 Å². The van der Waals surface area contributed by atoms with Crippen LogP contribution < -0.4 is 4.74 Å². The normalized spacial score (nSPS) is 18.0. The molecule has 0 bridgehead atoms. The molecule has 2 atom stereocenters. The van der Waals surface area contributed by atoms with E-state index in [1.807, 2.05) is 13.8 Å². The first-order chi connectivity index (χ1) is 21.6. The topological polar surface area (TPSA) is 32.8 Å². The van der Waals surface area contributed by atoms with Gasteiger partial charge in [-0.15, -0.1) is 0 Å². The number of alkyl halides is 9. The molecule has 48 heavy (non-hydrogen) atoms. The van der Waals surface area contributed by atoms with Crippen LogP contribution in [-0.2, 0) is 18.5 Å². The van der Waals surface area contributed by atoms with Crippen molar-refractivity contribution in [1.82, 2.24) is 9.80 Å². The standard InChI is InChI=1S/C24H26F4N2O2.C9H6F6.CH4/c1-13(2)17-10-19(22(32-4)11-20(17)25)16-7-5-14(24(26,27)28)9-18(16)21-8-6-15-12-29(3)23(31)30(15)21;1-5-2-6(8(10,11)12)4-7(3-5)9(13,14)15;/h5,7,9-11,13,15,21H,6,8,12H2,1-4H3;2-4H,1H3;1H4/t15-,21-;;/m0../s1. The third-order valence-electron chi connectivity index (χ3n) is 8.24. The van der Waals surface area contributed by atoms with Crippen molar-refractivity contribution in [3.63, 3.8) is 0 Å². The lowest BCUT2D eigenvalue weighted by molar-refractivity contribution is -0.143. The molecule has 2 aliphatic heterocycles. The number of hydrogen-bond donors (Lipinski definition) is 0. The zero-order valence-electron chi connectivity index (χ0n) is 26.0. The Morgan fingerprint density at radius 1 is 0.792 bits per heavy atom. The molecular formula is C34H36F10N2O2. The summed E-state index contributed by atoms with van der Waals surface area (Å²) in [5, 5.41) is 0. The smallest absolute Gasteiger partial charge is 0.416 e. The molecule has 0 aliphatic carbocycles. The molecule has 3 aromatic carbocycles. The number of aryl methyl sites for hydroxylation is 1. The summed E-state index contributed by atoms with van der Waals surface area (Å²) in [6, 6.07) is 7.25. The third kappa shape index (κ3) is 8.00. The van der Waals surface area contributed by atoms with E-state index < -0.39 is 47.1 Å². The summed E-state index contributed by atoms with van der Waals surface area (Å²) >= 11 is 0. The van der Waals surface area contributed by atoms with Crippen LogP contribution in [0.1, 0.15) is 79.5 Å². The zero-order chi connectivity index (χ0) is 35.2. The van der Waals surface area contributed by atoms with Crippen LogP contribution in [0.3, 0.4) is 0 Å². The highest BCUT2D eigenvalue weighted by Gasteiger charge is 2.46. The quantitative estimate of drug-likeness (QED) is 0.255. The second-order valence-corrected chi connectivity index (χ2v) is 11.9. The lowest BCUT2D eigenvalue weighted by Gasteiger charge is -2.27. The van der Waals surface area contributed by atoms with Crippen LogP contribution in [-0.4, -0.2) is 42.6 Å². The van der Waals surface area contributed by atoms with Gasteiger partial charge in [-0.2, -0.15) is 39.5 Å². The number of likely N-dealkylation sites (N-methyl/N-ethyl adjacent to an activating group) is 1. The van der Waals surface area contributed by atoms with Crippen molar-refractivity contribution >= 4 is 6.03 Å². The predicted octanol–water partition coefficient (Wildman–Crippen LogP) is 10.9. The summed E-state index contributed by atoms with van der Waals surface area (Å²) in [5.41, 5.74) is -1.51. The fourth-order valence-corrected chi connectivity index (χ4v) is 6.01. The number of amides is 2. The number of halogens is 10. The molecule has 2 amide bonds. The summed E-state index contributed by atoms with van der Waals surface area (Å²) in [4.78, 5) is 16.1. The van der Waals surface area contributed by atoms with E-state index in [2.05, 4.69) is 0 Å². The monoisotopic (exact) mass is 694 g/mol. The maximum absolute atomic E-state index is 14.6. The van der Waals surface area contributed by atoms with Crippen molar-refractivity contribution in [3.05, 3.63) is 87.7 Å². The Kier molecular flexibility index (Phi) is 11.1. The number of urea groups is 1. The van der Waals surface area contributed by atoms with Gasteiger partial charge in [0.15, 0.2) is 0 Å². The highest BCUT2D eigenvalue weighted by atomic mass is 19.4. The van der Waals surface area contributed by atoms with Crippen molar-refractivity contribution < 1.29 is 53.4 Å². The molecule has 2 heterocycles. The van der Waals surface area contributed by atoms with Crippen LogP contribution in [0.25, 0.3) is 11.1 Å². The number of nitrogens with zero attached hydrogens (tertiary/aromatic N) is 2. The van der Waals surface area contributed by atoms with Crippen LogP contribution in [0.15, 0.2) is 48.5 Å². The first-order valence-corrected chi connectivity index (χ1v) is 14.5. The third-order valence-corrected chi connectivity index (χ3v) is 8.24. The van der Waals surface area contributed by atoms with E-state index in [9.17, 15) is 48.7 Å². The summed E-state index contributed by atoms with van der Waals surface area (Å²) in [6.45, 7) is 5.44. The van der Waals surface area contributed by atoms with Gasteiger partial charge in [-0.1, -0.05) is 27.3 Å². The van der Waals surface area contributed by atoms with Gasteiger partial charge in [0.2, 0.25) is 0 Å². The molecular weight excluding hydrogens is 658 g/mol. The molecule has 3 aromatic rings. The molecule has 264 valence electrons. The molecule has 2 fully saturated rings. The Morgan fingerprint density at radius 3 is 1.85 bits per heavy atom. The van der Waals surface area contributed by atoms with E-state index >= 15 is 0 Å². The molecule has 0 unspecified atom stereocenters. The maximum Gasteiger partial charge on any atom is 0.416 e. The van der Waals surface area contributed by atoms with Crippen LogP contribution >= 0.6 is 0 Å². The Labute approximate surface area is 272 Å². The highest BCUT2D eigenvalue weighted by Crippen LogP contribution is 2.47. The maximum atomic E-state index is 14.6. The summed E-state index contributed by atoms with van der Waals surface area (Å²) in [5.74, 6) is -0.305. The largest absolute Gasteiger partial charge is 0.496 e. The summed E-state index contributed by atoms with van der Waals surface area (Å²) in [7, 11) is 3.10. The van der Waals surface area contributed by atoms with E-state index in [-0.39, 0.29) is 42.8 Å². The number of carbonyl (C=O) groups is 1. The number of carbonyl (C=O) groups excluding carboxylic acids is 1. The van der Waals surface area contributed by atoms with Gasteiger partial charge in [0.05, 0.1) is 35.9 Å². The Balaban J connectivity index is 0.000000330. The number of ether oxygens (including phenoxy) is 1. The van der Waals surface area contributed by atoms with Crippen molar-refractivity contribution in [2.75, 3.05) is 20.7 Å². The molecule has 0 N–H and O–H groups in total. The summed E-state index contributed by atoms with van der Waals surface area (Å²) < 4.78 is 134. The van der Waals surface area contributed by atoms with Gasteiger partial charge >= 0.3 is 24.6 Å². The fourth-order valence-electron chi connectivity index (χ4n) is 6.01. The van der Waals surface area contributed by atoms with Crippen molar-refractivity contribution in [2.24, 2.45) is 0 Å². The van der Waals surface area contributed by atoms with Gasteiger partial charge in [-0.05, 0) is 84.3 Å². The van der Waals surface area contributed by atoms with Crippen molar-refractivity contribution in [3.8, 4) is 16.9 Å². The number of methoxy groups -OCH3 is 1. The highest BCUT2D eigenvalue weighted by molar-refractivity contribution is 5.80. The van der Waals surface area contributed by atoms with Crippen LogP contribution in [0.4, 0.5) is 48.7 Å². The first-order valence-electron chi connectivity index (χ1n) is 14.5. The lowest BCUT2D eigenvalue weighted by Crippen LogP contribution is -2.32. The SMILES string of the molecule is C.COc1cc(F)c(C(C)C)cc1-c1ccc(C(F)(F)F)cc1[C@@H]1CC[C@H]2CN(C)C(=O)N21.Cc1cc(C(F)(F)F)cc(C(F)(F)F)c1. The van der Waals surface area contributed by atoms with E-state index in [1.165, 1.54) is 26.2 Å². The number of hydrogen-bond acceptors (Lipinski definition) is 2. The van der Waals surface area contributed by atoms with Gasteiger partial charge in [0.25, 0.3) is 0 Å². The number of benzene rings is 3. The van der Waals surface area contributed by atoms with Crippen LogP contribution in [0, 0.1) is 12.7 Å². The number of fused-ring (bicyclic) bond motifs is 1. The van der Waals surface area contributed by atoms with E-state index in [1.54, 1.807) is 22.9 Å². The molecule has 0 spiro atoms. The molecule has 5 rings (SSSR count). The van der Waals surface area contributed by atoms with Gasteiger partial charge in [-0.25, -0.2) is 9.18 Å². The number of rotatable bonds is 4. The fraction of sp³-hybridized carbons (Fsp3) is 0.441. The average Bonchev–Trinajstić information content (AvgIpc) is 3.49. The Morgan fingerprint density at radius 2 is 1.35 bits per heavy atom. The molecule has 2 saturated heterocycles. The van der Waals surface area contributed by atoms with Gasteiger partial charge < -0.3 is 14.5 Å². The molecule has 0 saturated carbocycles. The van der Waals surface area contributed by atoms with E-state index in [0.717, 1.165) is 12.1 Å². The van der Waals surface area contributed by atoms with E-state index in [0.29, 0.717) is 53.8 Å². The minimum atomic E-state index is -4.76. The van der Waals surface area contributed by atoms with Crippen LogP contribution in [0.5, 0.6) is 5.75 Å². The Hall–Kier alpha value is -3.97. The molecule has 0 radical (unpaired) electrons. The minimum absolute atomic E-state index is 0. The molecule has 0 aromatic heterocycles. The van der Waals surface area contributed by atoms with E-state index in [4.69, 9.17) is 4.74 Å². The second kappa shape index (κ2) is 13.9. The van der Waals surface area contributed by atoms with Crippen molar-refractivity contribution in [1.29, 1.82) is 0 Å².